The second-order valence-electron chi connectivity index (χ2n) is 5.70. The molecule has 1 amide bonds. The highest BCUT2D eigenvalue weighted by Gasteiger charge is 2.36. The maximum atomic E-state index is 13.0. The number of carbonyl (C=O) groups excluding carboxylic acids is 1. The Kier molecular flexibility index (Phi) is 4.16. The minimum absolute atomic E-state index is 0.0282. The van der Waals surface area contributed by atoms with Crippen LogP contribution in [0.4, 0.5) is 18.9 Å². The van der Waals surface area contributed by atoms with E-state index >= 15 is 0 Å². The highest BCUT2D eigenvalue weighted by molar-refractivity contribution is 6.00. The summed E-state index contributed by atoms with van der Waals surface area (Å²) in [5.74, 6) is -0.463. The molecule has 2 N–H and O–H groups in total. The Labute approximate surface area is 121 Å². The molecule has 0 heterocycles. The van der Waals surface area contributed by atoms with Gasteiger partial charge in [-0.15, -0.1) is 0 Å². The molecule has 0 aromatic heterocycles. The number of halogens is 3. The number of rotatable bonds is 3. The Balaban J connectivity index is 2.33. The summed E-state index contributed by atoms with van der Waals surface area (Å²) in [6, 6.07) is 3.64. The second-order valence-corrected chi connectivity index (χ2v) is 5.70. The van der Waals surface area contributed by atoms with E-state index in [2.05, 4.69) is 10.6 Å². The maximum Gasteiger partial charge on any atom is 0.418 e. The van der Waals surface area contributed by atoms with Gasteiger partial charge in [-0.2, -0.15) is 13.2 Å². The first-order valence-corrected chi connectivity index (χ1v) is 6.97. The van der Waals surface area contributed by atoms with Gasteiger partial charge in [0.05, 0.1) is 16.8 Å². The molecule has 1 aliphatic rings. The van der Waals surface area contributed by atoms with Crippen LogP contribution in [0.2, 0.25) is 0 Å². The van der Waals surface area contributed by atoms with Crippen LogP contribution in [0.3, 0.4) is 0 Å². The molecule has 21 heavy (non-hydrogen) atoms. The third-order valence-electron chi connectivity index (χ3n) is 3.99. The predicted molar refractivity (Wildman–Crippen MR) is 75.3 cm³/mol. The van der Waals surface area contributed by atoms with Gasteiger partial charge in [0.2, 0.25) is 0 Å². The molecule has 2 rings (SSSR count). The summed E-state index contributed by atoms with van der Waals surface area (Å²) >= 11 is 0. The fourth-order valence-electron chi connectivity index (χ4n) is 2.87. The number of carbonyl (C=O) groups is 1. The number of para-hydroxylation sites is 1. The van der Waals surface area contributed by atoms with Crippen molar-refractivity contribution in [3.05, 3.63) is 29.3 Å². The summed E-state index contributed by atoms with van der Waals surface area (Å²) in [6.07, 6.45) is -0.735. The standard InChI is InChI=1S/C15H19F3N2O/c1-14(8-3-4-9-14)20-13(21)10-6-5-7-11(12(10)19-2)15(16,17)18/h5-7,19H,3-4,8-9H2,1-2H3,(H,20,21). The van der Waals surface area contributed by atoms with Crippen molar-refractivity contribution in [2.45, 2.75) is 44.3 Å². The van der Waals surface area contributed by atoms with E-state index in [1.165, 1.54) is 19.2 Å². The largest absolute Gasteiger partial charge is 0.418 e. The van der Waals surface area contributed by atoms with Crippen molar-refractivity contribution < 1.29 is 18.0 Å². The van der Waals surface area contributed by atoms with Gasteiger partial charge >= 0.3 is 6.18 Å². The lowest BCUT2D eigenvalue weighted by molar-refractivity contribution is -0.136. The number of alkyl halides is 3. The molecule has 0 atom stereocenters. The van der Waals surface area contributed by atoms with Crippen LogP contribution in [0.5, 0.6) is 0 Å². The van der Waals surface area contributed by atoms with Crippen molar-refractivity contribution in [1.82, 2.24) is 5.32 Å². The summed E-state index contributed by atoms with van der Waals surface area (Å²) in [6.45, 7) is 1.94. The van der Waals surface area contributed by atoms with Crippen LogP contribution in [0.25, 0.3) is 0 Å². The Hall–Kier alpha value is -1.72. The molecule has 0 saturated heterocycles. The molecular formula is C15H19F3N2O. The van der Waals surface area contributed by atoms with Gasteiger partial charge in [0, 0.05) is 12.6 Å². The molecule has 0 aliphatic heterocycles. The van der Waals surface area contributed by atoms with E-state index in [0.29, 0.717) is 0 Å². The number of anilines is 1. The molecule has 1 saturated carbocycles. The molecule has 1 fully saturated rings. The second kappa shape index (κ2) is 5.58. The fourth-order valence-corrected chi connectivity index (χ4v) is 2.87. The zero-order valence-electron chi connectivity index (χ0n) is 12.1. The molecule has 6 heteroatoms. The predicted octanol–water partition coefficient (Wildman–Crippen LogP) is 3.81. The van der Waals surface area contributed by atoms with Crippen LogP contribution in [0.15, 0.2) is 18.2 Å². The Morgan fingerprint density at radius 3 is 2.38 bits per heavy atom. The van der Waals surface area contributed by atoms with E-state index < -0.39 is 17.6 Å². The van der Waals surface area contributed by atoms with E-state index in [-0.39, 0.29) is 16.8 Å². The smallest absolute Gasteiger partial charge is 0.387 e. The molecular weight excluding hydrogens is 281 g/mol. The van der Waals surface area contributed by atoms with E-state index in [4.69, 9.17) is 0 Å². The summed E-state index contributed by atoms with van der Waals surface area (Å²) in [4.78, 5) is 12.3. The van der Waals surface area contributed by atoms with Gasteiger partial charge in [-0.25, -0.2) is 0 Å². The summed E-state index contributed by atoms with van der Waals surface area (Å²) in [5.41, 5.74) is -1.30. The highest BCUT2D eigenvalue weighted by atomic mass is 19.4. The zero-order chi connectivity index (χ0) is 15.7. The average Bonchev–Trinajstić information content (AvgIpc) is 2.83. The van der Waals surface area contributed by atoms with Gasteiger partial charge in [-0.1, -0.05) is 18.9 Å². The van der Waals surface area contributed by atoms with Crippen molar-refractivity contribution in [3.63, 3.8) is 0 Å². The molecule has 1 aliphatic carbocycles. The van der Waals surface area contributed by atoms with Crippen LogP contribution in [0.1, 0.15) is 48.5 Å². The lowest BCUT2D eigenvalue weighted by atomic mass is 9.99. The van der Waals surface area contributed by atoms with E-state index in [0.717, 1.165) is 31.7 Å². The summed E-state index contributed by atoms with van der Waals surface area (Å²) in [5, 5.41) is 5.39. The monoisotopic (exact) mass is 300 g/mol. The third kappa shape index (κ3) is 3.31. The summed E-state index contributed by atoms with van der Waals surface area (Å²) in [7, 11) is 1.39. The normalized spacial score (nSPS) is 17.6. The molecule has 0 radical (unpaired) electrons. The molecule has 1 aromatic rings. The molecule has 3 nitrogen and oxygen atoms in total. The van der Waals surface area contributed by atoms with Crippen molar-refractivity contribution in [2.75, 3.05) is 12.4 Å². The zero-order valence-corrected chi connectivity index (χ0v) is 12.1. The van der Waals surface area contributed by atoms with Gasteiger partial charge in [0.15, 0.2) is 0 Å². The van der Waals surface area contributed by atoms with Crippen LogP contribution in [0, 0.1) is 0 Å². The topological polar surface area (TPSA) is 41.1 Å². The molecule has 0 spiro atoms. The first-order valence-electron chi connectivity index (χ1n) is 6.97. The number of amides is 1. The van der Waals surface area contributed by atoms with Gasteiger partial charge in [0.25, 0.3) is 5.91 Å². The van der Waals surface area contributed by atoms with Crippen molar-refractivity contribution in [2.24, 2.45) is 0 Å². The minimum atomic E-state index is -4.49. The SMILES string of the molecule is CNc1c(C(=O)NC2(C)CCCC2)cccc1C(F)(F)F. The minimum Gasteiger partial charge on any atom is -0.387 e. The number of hydrogen-bond acceptors (Lipinski definition) is 2. The Bertz CT molecular complexity index is 534. The van der Waals surface area contributed by atoms with Gasteiger partial charge in [-0.05, 0) is 31.9 Å². The Morgan fingerprint density at radius 2 is 1.86 bits per heavy atom. The highest BCUT2D eigenvalue weighted by Crippen LogP contribution is 2.37. The lowest BCUT2D eigenvalue weighted by Crippen LogP contribution is -2.43. The average molecular weight is 300 g/mol. The number of benzene rings is 1. The van der Waals surface area contributed by atoms with E-state index in [9.17, 15) is 18.0 Å². The first-order chi connectivity index (χ1) is 9.77. The number of nitrogens with one attached hydrogen (secondary N) is 2. The quantitative estimate of drug-likeness (QED) is 0.891. The van der Waals surface area contributed by atoms with E-state index in [1.807, 2.05) is 6.92 Å². The van der Waals surface area contributed by atoms with E-state index in [1.54, 1.807) is 0 Å². The van der Waals surface area contributed by atoms with Crippen LogP contribution < -0.4 is 10.6 Å². The summed E-state index contributed by atoms with van der Waals surface area (Å²) < 4.78 is 39.0. The fraction of sp³-hybridized carbons (Fsp3) is 0.533. The van der Waals surface area contributed by atoms with Crippen LogP contribution in [-0.4, -0.2) is 18.5 Å². The van der Waals surface area contributed by atoms with Gasteiger partial charge in [0.1, 0.15) is 0 Å². The molecule has 0 unspecified atom stereocenters. The van der Waals surface area contributed by atoms with Crippen molar-refractivity contribution in [1.29, 1.82) is 0 Å². The molecule has 116 valence electrons. The molecule has 1 aromatic carbocycles. The first kappa shape index (κ1) is 15.7. The maximum absolute atomic E-state index is 13.0. The Morgan fingerprint density at radius 1 is 1.24 bits per heavy atom. The van der Waals surface area contributed by atoms with Crippen LogP contribution in [-0.2, 0) is 6.18 Å². The number of hydrogen-bond donors (Lipinski definition) is 2. The van der Waals surface area contributed by atoms with Crippen molar-refractivity contribution in [3.8, 4) is 0 Å². The third-order valence-corrected chi connectivity index (χ3v) is 3.99. The van der Waals surface area contributed by atoms with Gasteiger partial charge < -0.3 is 10.6 Å². The van der Waals surface area contributed by atoms with Crippen LogP contribution >= 0.6 is 0 Å². The lowest BCUT2D eigenvalue weighted by Gasteiger charge is -2.26. The van der Waals surface area contributed by atoms with Gasteiger partial charge in [-0.3, -0.25) is 4.79 Å². The van der Waals surface area contributed by atoms with Crippen molar-refractivity contribution >= 4 is 11.6 Å². The molecule has 0 bridgehead atoms.